The van der Waals surface area contributed by atoms with Crippen LogP contribution in [0.3, 0.4) is 0 Å². The van der Waals surface area contributed by atoms with Crippen LogP contribution in [0.5, 0.6) is 0 Å². The largest absolute Gasteiger partial charge is 0.339 e. The number of nitrogens with one attached hydrogen (secondary N) is 2. The first-order chi connectivity index (χ1) is 15.4. The lowest BCUT2D eigenvalue weighted by Crippen LogP contribution is -2.16. The van der Waals surface area contributed by atoms with Crippen LogP contribution >= 0.6 is 0 Å². The van der Waals surface area contributed by atoms with E-state index in [2.05, 4.69) is 25.9 Å². The molecule has 0 aliphatic carbocycles. The second-order valence-corrected chi connectivity index (χ2v) is 9.71. The molecular weight excluding hydrogens is 431 g/mol. The number of sulfone groups is 1. The summed E-state index contributed by atoms with van der Waals surface area (Å²) in [6.45, 7) is 3.28. The Morgan fingerprint density at radius 1 is 1.09 bits per heavy atom. The highest BCUT2D eigenvalue weighted by molar-refractivity contribution is 7.92. The van der Waals surface area contributed by atoms with Gasteiger partial charge < -0.3 is 5.32 Å². The molecule has 0 radical (unpaired) electrons. The smallest absolute Gasteiger partial charge is 0.182 e. The quantitative estimate of drug-likeness (QED) is 0.321. The molecule has 8 nitrogen and oxygen atoms in total. The van der Waals surface area contributed by atoms with Gasteiger partial charge in [0.2, 0.25) is 0 Å². The van der Waals surface area contributed by atoms with Gasteiger partial charge in [0.25, 0.3) is 0 Å². The number of hydrogen-bond acceptors (Lipinski definition) is 7. The molecule has 0 amide bonds. The fraction of sp³-hybridized carbons (Fsp3) is 0.136. The molecule has 0 saturated carbocycles. The molecule has 4 aromatic rings. The molecule has 4 rings (SSSR count). The van der Waals surface area contributed by atoms with Crippen molar-refractivity contribution >= 4 is 39.0 Å². The first kappa shape index (κ1) is 21.4. The summed E-state index contributed by atoms with van der Waals surface area (Å²) < 4.78 is 40.9. The third-order valence-electron chi connectivity index (χ3n) is 4.72. The van der Waals surface area contributed by atoms with Gasteiger partial charge >= 0.3 is 0 Å². The summed E-state index contributed by atoms with van der Waals surface area (Å²) in [7, 11) is -3.51. The van der Waals surface area contributed by atoms with E-state index in [1.165, 1.54) is 12.3 Å². The number of benzene rings is 2. The highest BCUT2D eigenvalue weighted by Gasteiger charge is 2.23. The Morgan fingerprint density at radius 3 is 2.62 bits per heavy atom. The first-order valence-corrected chi connectivity index (χ1v) is 11.4. The lowest BCUT2D eigenvalue weighted by atomic mass is 10.2. The molecular formula is C22H21FN6O2S. The number of aromatic nitrogens is 3. The lowest BCUT2D eigenvalue weighted by Gasteiger charge is -2.15. The predicted octanol–water partition coefficient (Wildman–Crippen LogP) is 4.24. The fourth-order valence-electron chi connectivity index (χ4n) is 3.02. The maximum Gasteiger partial charge on any atom is 0.182 e. The summed E-state index contributed by atoms with van der Waals surface area (Å²) in [6.07, 6.45) is 2.94. The molecule has 32 heavy (non-hydrogen) atoms. The normalized spacial score (nSPS) is 12.0. The molecule has 0 saturated heterocycles. The molecule has 0 unspecified atom stereocenters. The van der Waals surface area contributed by atoms with Gasteiger partial charge in [-0.15, -0.1) is 0 Å². The van der Waals surface area contributed by atoms with Crippen molar-refractivity contribution in [3.8, 4) is 0 Å². The average Bonchev–Trinajstić information content (AvgIpc) is 3.24. The molecule has 0 atom stereocenters. The van der Waals surface area contributed by atoms with Crippen molar-refractivity contribution in [1.29, 1.82) is 0 Å². The molecule has 10 heteroatoms. The van der Waals surface area contributed by atoms with E-state index in [-0.39, 0.29) is 10.7 Å². The van der Waals surface area contributed by atoms with Gasteiger partial charge in [0.05, 0.1) is 28.2 Å². The Morgan fingerprint density at radius 2 is 1.84 bits per heavy atom. The van der Waals surface area contributed by atoms with E-state index in [1.54, 1.807) is 79.2 Å². The molecule has 164 valence electrons. The van der Waals surface area contributed by atoms with Gasteiger partial charge in [-0.05, 0) is 32.0 Å². The topological polar surface area (TPSA) is 101 Å². The summed E-state index contributed by atoms with van der Waals surface area (Å²) >= 11 is 0. The second kappa shape index (κ2) is 8.75. The Kier molecular flexibility index (Phi) is 5.87. The van der Waals surface area contributed by atoms with Crippen molar-refractivity contribution in [2.24, 2.45) is 5.10 Å². The molecule has 0 spiro atoms. The van der Waals surface area contributed by atoms with Crippen LogP contribution < -0.4 is 10.7 Å². The van der Waals surface area contributed by atoms with Crippen molar-refractivity contribution in [3.63, 3.8) is 0 Å². The van der Waals surface area contributed by atoms with E-state index in [9.17, 15) is 12.8 Å². The zero-order chi connectivity index (χ0) is 22.7. The third-order valence-corrected chi connectivity index (χ3v) is 6.93. The van der Waals surface area contributed by atoms with Gasteiger partial charge in [0.15, 0.2) is 21.3 Å². The van der Waals surface area contributed by atoms with Crippen LogP contribution in [-0.4, -0.2) is 34.5 Å². The second-order valence-electron chi connectivity index (χ2n) is 7.23. The first-order valence-electron chi connectivity index (χ1n) is 9.84. The van der Waals surface area contributed by atoms with Crippen molar-refractivity contribution in [2.45, 2.75) is 24.0 Å². The number of rotatable bonds is 7. The van der Waals surface area contributed by atoms with Gasteiger partial charge in [-0.3, -0.25) is 5.43 Å². The Balaban J connectivity index is 1.68. The zero-order valence-corrected chi connectivity index (χ0v) is 18.2. The number of fused-ring (bicyclic) bond motifs is 1. The van der Waals surface area contributed by atoms with Gasteiger partial charge in [-0.1, -0.05) is 30.3 Å². The number of halogens is 1. The maximum atomic E-state index is 13.8. The van der Waals surface area contributed by atoms with Crippen LogP contribution in [0.2, 0.25) is 0 Å². The molecule has 0 aliphatic rings. The van der Waals surface area contributed by atoms with E-state index in [1.807, 2.05) is 0 Å². The summed E-state index contributed by atoms with van der Waals surface area (Å²) in [5.74, 6) is 0.467. The highest BCUT2D eigenvalue weighted by atomic mass is 32.2. The SMILES string of the molecule is CC(C)S(=O)(=O)c1ccccc1Nc1cc(NN=Cc2ccccc2F)nc2ccnn12. The Labute approximate surface area is 184 Å². The van der Waals surface area contributed by atoms with Gasteiger partial charge in [0, 0.05) is 17.7 Å². The van der Waals surface area contributed by atoms with E-state index in [0.29, 0.717) is 28.5 Å². The van der Waals surface area contributed by atoms with Crippen molar-refractivity contribution in [1.82, 2.24) is 14.6 Å². The van der Waals surface area contributed by atoms with Crippen LogP contribution in [0.1, 0.15) is 19.4 Å². The minimum atomic E-state index is -3.51. The molecule has 2 N–H and O–H groups in total. The average molecular weight is 453 g/mol. The number of para-hydroxylation sites is 1. The van der Waals surface area contributed by atoms with Crippen LogP contribution in [0, 0.1) is 5.82 Å². The molecule has 2 heterocycles. The summed E-state index contributed by atoms with van der Waals surface area (Å²) in [6, 6.07) is 16.3. The standard InChI is InChI=1S/C22H21FN6O2S/c1-15(2)32(30,31)19-10-6-5-9-18(19)26-22-13-20(27-21-11-12-25-29(21)22)28-24-14-16-7-3-4-8-17(16)23/h3-15,26H,1-2H3,(H,27,28). The maximum absolute atomic E-state index is 13.8. The van der Waals surface area contributed by atoms with E-state index < -0.39 is 15.1 Å². The number of hydrazone groups is 1. The van der Waals surface area contributed by atoms with E-state index >= 15 is 0 Å². The zero-order valence-electron chi connectivity index (χ0n) is 17.4. The Hall–Kier alpha value is -3.79. The summed E-state index contributed by atoms with van der Waals surface area (Å²) in [4.78, 5) is 4.61. The molecule has 2 aromatic carbocycles. The molecule has 0 fully saturated rings. The van der Waals surface area contributed by atoms with Crippen molar-refractivity contribution < 1.29 is 12.8 Å². The van der Waals surface area contributed by atoms with Gasteiger partial charge in [-0.2, -0.15) is 14.7 Å². The fourth-order valence-corrected chi connectivity index (χ4v) is 4.22. The van der Waals surface area contributed by atoms with Gasteiger partial charge in [-0.25, -0.2) is 17.8 Å². The minimum Gasteiger partial charge on any atom is -0.339 e. The molecule has 0 aliphatic heterocycles. The molecule has 2 aromatic heterocycles. The van der Waals surface area contributed by atoms with Crippen molar-refractivity contribution in [3.05, 3.63) is 78.2 Å². The van der Waals surface area contributed by atoms with Crippen LogP contribution in [-0.2, 0) is 9.84 Å². The highest BCUT2D eigenvalue weighted by Crippen LogP contribution is 2.28. The predicted molar refractivity (Wildman–Crippen MR) is 123 cm³/mol. The summed E-state index contributed by atoms with van der Waals surface area (Å²) in [5, 5.41) is 10.9. The van der Waals surface area contributed by atoms with Crippen LogP contribution in [0.25, 0.3) is 5.65 Å². The van der Waals surface area contributed by atoms with E-state index in [0.717, 1.165) is 0 Å². The lowest BCUT2D eigenvalue weighted by molar-refractivity contribution is 0.587. The number of anilines is 3. The third kappa shape index (κ3) is 4.30. The molecule has 0 bridgehead atoms. The Bertz CT molecular complexity index is 1400. The van der Waals surface area contributed by atoms with Crippen LogP contribution in [0.4, 0.5) is 21.7 Å². The summed E-state index contributed by atoms with van der Waals surface area (Å²) in [5.41, 5.74) is 4.05. The van der Waals surface area contributed by atoms with Crippen LogP contribution in [0.15, 0.2) is 76.9 Å². The monoisotopic (exact) mass is 452 g/mol. The number of hydrogen-bond donors (Lipinski definition) is 2. The van der Waals surface area contributed by atoms with Crippen molar-refractivity contribution in [2.75, 3.05) is 10.7 Å². The number of nitrogens with zero attached hydrogens (tertiary/aromatic N) is 4. The van der Waals surface area contributed by atoms with Gasteiger partial charge in [0.1, 0.15) is 11.6 Å². The minimum absolute atomic E-state index is 0.194. The van der Waals surface area contributed by atoms with E-state index in [4.69, 9.17) is 0 Å².